The third-order valence-electron chi connectivity index (χ3n) is 6.06. The molecule has 0 radical (unpaired) electrons. The van der Waals surface area contributed by atoms with Crippen molar-refractivity contribution in [2.45, 2.75) is 45.6 Å². The third-order valence-corrected chi connectivity index (χ3v) is 7.58. The van der Waals surface area contributed by atoms with Crippen LogP contribution >= 0.6 is 22.9 Å². The molecule has 1 aromatic carbocycles. The molecular weight excluding hydrogens is 478 g/mol. The van der Waals surface area contributed by atoms with Crippen LogP contribution in [0.2, 0.25) is 5.02 Å². The lowest BCUT2D eigenvalue weighted by Crippen LogP contribution is -2.13. The Morgan fingerprint density at radius 3 is 2.80 bits per heavy atom. The minimum Gasteiger partial charge on any atom is -0.456 e. The molecule has 5 rings (SSSR count). The fourth-order valence-corrected chi connectivity index (χ4v) is 5.28. The van der Waals surface area contributed by atoms with Crippen LogP contribution in [-0.2, 0) is 17.8 Å². The predicted molar refractivity (Wildman–Crippen MR) is 142 cm³/mol. The van der Waals surface area contributed by atoms with Gasteiger partial charge in [0.1, 0.15) is 17.3 Å². The van der Waals surface area contributed by atoms with Crippen molar-refractivity contribution in [3.05, 3.63) is 71.0 Å². The van der Waals surface area contributed by atoms with Gasteiger partial charge < -0.3 is 10.1 Å². The first kappa shape index (κ1) is 23.9. The number of ketones is 1. The second-order valence-corrected chi connectivity index (χ2v) is 10.5. The van der Waals surface area contributed by atoms with Crippen molar-refractivity contribution in [3.63, 3.8) is 0 Å². The van der Waals surface area contributed by atoms with E-state index in [1.54, 1.807) is 23.6 Å². The Balaban J connectivity index is 1.31. The maximum Gasteiger partial charge on any atom is 0.148 e. The molecule has 5 nitrogen and oxygen atoms in total. The summed E-state index contributed by atoms with van der Waals surface area (Å²) in [5.74, 6) is 2.20. The van der Waals surface area contributed by atoms with E-state index in [1.165, 1.54) is 18.4 Å². The van der Waals surface area contributed by atoms with Crippen molar-refractivity contribution in [1.82, 2.24) is 15.3 Å². The summed E-state index contributed by atoms with van der Waals surface area (Å²) in [5.41, 5.74) is 3.80. The van der Waals surface area contributed by atoms with E-state index in [2.05, 4.69) is 34.3 Å². The van der Waals surface area contributed by atoms with Crippen molar-refractivity contribution in [1.29, 1.82) is 0 Å². The molecular formula is C28H28ClN3O2S. The molecule has 0 aliphatic heterocycles. The Kier molecular flexibility index (Phi) is 7.42. The van der Waals surface area contributed by atoms with Crippen LogP contribution in [0.1, 0.15) is 43.7 Å². The first-order chi connectivity index (χ1) is 17.1. The standard InChI is InChI=1S/C28H28ClN3O2S/c1-2-10-30-16-19-5-8-24(32-17-19)27-15-25-28(35-27)26(9-11-31-25)34-22-7-6-20(23(29)14-22)13-21(33)12-18-3-4-18/h5-9,11,14-15,17-18,30H,2-4,10,12-13,16H2,1H3. The first-order valence-corrected chi connectivity index (χ1v) is 13.3. The van der Waals surface area contributed by atoms with Crippen LogP contribution in [0.25, 0.3) is 20.8 Å². The van der Waals surface area contributed by atoms with Crippen molar-refractivity contribution in [2.75, 3.05) is 6.54 Å². The Morgan fingerprint density at radius 1 is 1.17 bits per heavy atom. The molecule has 3 aromatic heterocycles. The molecule has 1 aliphatic carbocycles. The molecule has 1 N–H and O–H groups in total. The molecule has 180 valence electrons. The van der Waals surface area contributed by atoms with E-state index in [0.717, 1.165) is 51.6 Å². The summed E-state index contributed by atoms with van der Waals surface area (Å²) in [6.45, 7) is 3.98. The zero-order valence-corrected chi connectivity index (χ0v) is 21.3. The monoisotopic (exact) mass is 505 g/mol. The second kappa shape index (κ2) is 10.9. The van der Waals surface area contributed by atoms with E-state index in [9.17, 15) is 4.79 Å². The van der Waals surface area contributed by atoms with Gasteiger partial charge in [0.25, 0.3) is 0 Å². The van der Waals surface area contributed by atoms with Crippen molar-refractivity contribution in [2.24, 2.45) is 5.92 Å². The maximum absolute atomic E-state index is 12.2. The predicted octanol–water partition coefficient (Wildman–Crippen LogP) is 7.22. The molecule has 0 amide bonds. The van der Waals surface area contributed by atoms with Gasteiger partial charge in [-0.3, -0.25) is 14.8 Å². The number of nitrogens with one attached hydrogen (secondary N) is 1. The molecule has 0 atom stereocenters. The topological polar surface area (TPSA) is 64.1 Å². The third kappa shape index (κ3) is 6.07. The van der Waals surface area contributed by atoms with E-state index in [4.69, 9.17) is 16.3 Å². The molecule has 0 spiro atoms. The first-order valence-electron chi connectivity index (χ1n) is 12.1. The van der Waals surface area contributed by atoms with E-state index in [1.807, 2.05) is 30.5 Å². The van der Waals surface area contributed by atoms with Gasteiger partial charge in [-0.15, -0.1) is 11.3 Å². The average molecular weight is 506 g/mol. The van der Waals surface area contributed by atoms with Gasteiger partial charge in [-0.1, -0.05) is 30.7 Å². The van der Waals surface area contributed by atoms with E-state index in [-0.39, 0.29) is 5.78 Å². The number of aromatic nitrogens is 2. The highest BCUT2D eigenvalue weighted by Crippen LogP contribution is 2.39. The van der Waals surface area contributed by atoms with Gasteiger partial charge in [0.2, 0.25) is 0 Å². The van der Waals surface area contributed by atoms with Gasteiger partial charge in [0.15, 0.2) is 0 Å². The number of Topliss-reactive ketones (excluding diaryl/α,β-unsaturated/α-hetero) is 1. The number of rotatable bonds is 11. The van der Waals surface area contributed by atoms with Gasteiger partial charge in [-0.05, 0) is 67.1 Å². The maximum atomic E-state index is 12.2. The normalized spacial score (nSPS) is 13.3. The van der Waals surface area contributed by atoms with E-state index >= 15 is 0 Å². The second-order valence-electron chi connectivity index (χ2n) is 9.08. The summed E-state index contributed by atoms with van der Waals surface area (Å²) in [6.07, 6.45) is 8.18. The molecule has 1 fully saturated rings. The lowest BCUT2D eigenvalue weighted by molar-refractivity contribution is -0.118. The number of benzene rings is 1. The van der Waals surface area contributed by atoms with Crippen LogP contribution in [0.4, 0.5) is 0 Å². The van der Waals surface area contributed by atoms with Crippen molar-refractivity contribution < 1.29 is 9.53 Å². The average Bonchev–Trinajstić information content (AvgIpc) is 3.55. The number of carbonyl (C=O) groups excluding carboxylic acids is 1. The quantitative estimate of drug-likeness (QED) is 0.218. The van der Waals surface area contributed by atoms with Crippen LogP contribution in [0.15, 0.2) is 54.9 Å². The highest BCUT2D eigenvalue weighted by molar-refractivity contribution is 7.22. The van der Waals surface area contributed by atoms with Gasteiger partial charge in [-0.25, -0.2) is 0 Å². The Bertz CT molecular complexity index is 1330. The van der Waals surface area contributed by atoms with Crippen LogP contribution < -0.4 is 10.1 Å². The van der Waals surface area contributed by atoms with Crippen molar-refractivity contribution in [3.8, 4) is 22.1 Å². The number of ether oxygens (including phenoxy) is 1. The van der Waals surface area contributed by atoms with Gasteiger partial charge in [0.05, 0.1) is 20.8 Å². The van der Waals surface area contributed by atoms with Crippen LogP contribution in [0.3, 0.4) is 0 Å². The highest BCUT2D eigenvalue weighted by Gasteiger charge is 2.24. The fourth-order valence-electron chi connectivity index (χ4n) is 4.00. The Hall–Kier alpha value is -2.80. The molecule has 0 unspecified atom stereocenters. The van der Waals surface area contributed by atoms with Crippen molar-refractivity contribution >= 4 is 38.9 Å². The molecule has 0 saturated heterocycles. The van der Waals surface area contributed by atoms with Gasteiger partial charge >= 0.3 is 0 Å². The number of nitrogens with zero attached hydrogens (tertiary/aromatic N) is 2. The molecule has 1 saturated carbocycles. The minimum absolute atomic E-state index is 0.254. The molecule has 35 heavy (non-hydrogen) atoms. The number of fused-ring (bicyclic) bond motifs is 1. The number of hydrogen-bond donors (Lipinski definition) is 1. The summed E-state index contributed by atoms with van der Waals surface area (Å²) in [5, 5.41) is 3.96. The highest BCUT2D eigenvalue weighted by atomic mass is 35.5. The summed E-state index contributed by atoms with van der Waals surface area (Å²) >= 11 is 8.10. The zero-order chi connectivity index (χ0) is 24.2. The lowest BCUT2D eigenvalue weighted by Gasteiger charge is -2.09. The summed E-state index contributed by atoms with van der Waals surface area (Å²) in [4.78, 5) is 22.5. The molecule has 0 bridgehead atoms. The Morgan fingerprint density at radius 2 is 2.06 bits per heavy atom. The number of hydrogen-bond acceptors (Lipinski definition) is 6. The minimum atomic E-state index is 0.254. The Labute approximate surface area is 214 Å². The van der Waals surface area contributed by atoms with Gasteiger partial charge in [0, 0.05) is 42.9 Å². The summed E-state index contributed by atoms with van der Waals surface area (Å²) in [6, 6.07) is 13.6. The lowest BCUT2D eigenvalue weighted by atomic mass is 10.0. The molecule has 4 aromatic rings. The van der Waals surface area contributed by atoms with E-state index < -0.39 is 0 Å². The molecule has 3 heterocycles. The number of thiophene rings is 1. The number of pyridine rings is 2. The van der Waals surface area contributed by atoms with Crippen LogP contribution in [-0.4, -0.2) is 22.3 Å². The summed E-state index contributed by atoms with van der Waals surface area (Å²) in [7, 11) is 0. The van der Waals surface area contributed by atoms with Crippen LogP contribution in [0, 0.1) is 5.92 Å². The van der Waals surface area contributed by atoms with Gasteiger partial charge in [-0.2, -0.15) is 0 Å². The number of halogens is 1. The SMILES string of the molecule is CCCNCc1ccc(-c2cc3nccc(Oc4ccc(CC(=O)CC5CC5)c(Cl)c4)c3s2)nc1. The zero-order valence-electron chi connectivity index (χ0n) is 19.7. The number of carbonyl (C=O) groups is 1. The largest absolute Gasteiger partial charge is 0.456 e. The van der Waals surface area contributed by atoms with Crippen LogP contribution in [0.5, 0.6) is 11.5 Å². The molecule has 1 aliphatic rings. The fraction of sp³-hybridized carbons (Fsp3) is 0.321. The molecule has 7 heteroatoms. The smallest absolute Gasteiger partial charge is 0.148 e. The summed E-state index contributed by atoms with van der Waals surface area (Å²) < 4.78 is 7.16. The van der Waals surface area contributed by atoms with E-state index in [0.29, 0.717) is 29.5 Å².